The van der Waals surface area contributed by atoms with Gasteiger partial charge in [0, 0.05) is 19.3 Å². The van der Waals surface area contributed by atoms with Crippen molar-refractivity contribution in [3.05, 3.63) is 34.9 Å². The number of carbonyl (C=O) groups is 1. The van der Waals surface area contributed by atoms with Crippen molar-refractivity contribution in [3.63, 3.8) is 0 Å². The minimum Gasteiger partial charge on any atom is -0.396 e. The normalized spacial score (nSPS) is 12.2. The molecule has 18 heavy (non-hydrogen) atoms. The van der Waals surface area contributed by atoms with Crippen LogP contribution in [0.3, 0.4) is 0 Å². The van der Waals surface area contributed by atoms with Crippen molar-refractivity contribution in [1.82, 2.24) is 5.32 Å². The summed E-state index contributed by atoms with van der Waals surface area (Å²) < 4.78 is 5.01. The number of aryl methyl sites for hydroxylation is 2. The second-order valence-corrected chi connectivity index (χ2v) is 4.44. The standard InChI is InChI=1S/C14H21NO3/c1-10-4-5-12(8-11(10)2)14(17)15-13(6-7-16)9-18-3/h4-5,8,13,16H,6-7,9H2,1-3H3,(H,15,17). The molecule has 1 atom stereocenters. The maximum atomic E-state index is 12.0. The van der Waals surface area contributed by atoms with E-state index in [0.29, 0.717) is 18.6 Å². The molecule has 0 aliphatic rings. The zero-order chi connectivity index (χ0) is 13.5. The van der Waals surface area contributed by atoms with Gasteiger partial charge in [-0.2, -0.15) is 0 Å². The van der Waals surface area contributed by atoms with Crippen LogP contribution in [-0.2, 0) is 4.74 Å². The van der Waals surface area contributed by atoms with Crippen LogP contribution in [0.25, 0.3) is 0 Å². The van der Waals surface area contributed by atoms with E-state index in [2.05, 4.69) is 5.32 Å². The Morgan fingerprint density at radius 2 is 2.11 bits per heavy atom. The molecule has 0 fully saturated rings. The summed E-state index contributed by atoms with van der Waals surface area (Å²) in [5.41, 5.74) is 2.89. The fraction of sp³-hybridized carbons (Fsp3) is 0.500. The van der Waals surface area contributed by atoms with Crippen molar-refractivity contribution >= 4 is 5.91 Å². The first-order chi connectivity index (χ1) is 8.58. The number of carbonyl (C=O) groups excluding carboxylic acids is 1. The summed E-state index contributed by atoms with van der Waals surface area (Å²) in [4.78, 5) is 12.0. The molecule has 0 saturated carbocycles. The number of benzene rings is 1. The van der Waals surface area contributed by atoms with E-state index in [9.17, 15) is 4.79 Å². The van der Waals surface area contributed by atoms with Gasteiger partial charge in [-0.25, -0.2) is 0 Å². The summed E-state index contributed by atoms with van der Waals surface area (Å²) in [5, 5.41) is 11.8. The van der Waals surface area contributed by atoms with Crippen molar-refractivity contribution in [2.75, 3.05) is 20.3 Å². The minimum atomic E-state index is -0.158. The maximum Gasteiger partial charge on any atom is 0.251 e. The second-order valence-electron chi connectivity index (χ2n) is 4.44. The molecule has 4 heteroatoms. The fourth-order valence-electron chi connectivity index (χ4n) is 1.71. The largest absolute Gasteiger partial charge is 0.396 e. The molecule has 0 heterocycles. The van der Waals surface area contributed by atoms with Crippen LogP contribution in [0.15, 0.2) is 18.2 Å². The van der Waals surface area contributed by atoms with Crippen LogP contribution in [0, 0.1) is 13.8 Å². The fourth-order valence-corrected chi connectivity index (χ4v) is 1.71. The van der Waals surface area contributed by atoms with Gasteiger partial charge in [0.15, 0.2) is 0 Å². The highest BCUT2D eigenvalue weighted by molar-refractivity contribution is 5.94. The van der Waals surface area contributed by atoms with Crippen LogP contribution in [-0.4, -0.2) is 37.4 Å². The highest BCUT2D eigenvalue weighted by atomic mass is 16.5. The molecule has 1 aromatic rings. The summed E-state index contributed by atoms with van der Waals surface area (Å²) in [7, 11) is 1.58. The van der Waals surface area contributed by atoms with Gasteiger partial charge in [-0.05, 0) is 43.5 Å². The van der Waals surface area contributed by atoms with Crippen LogP contribution in [0.4, 0.5) is 0 Å². The molecule has 1 rings (SSSR count). The van der Waals surface area contributed by atoms with E-state index in [0.717, 1.165) is 11.1 Å². The first-order valence-electron chi connectivity index (χ1n) is 6.06. The van der Waals surface area contributed by atoms with E-state index >= 15 is 0 Å². The predicted molar refractivity (Wildman–Crippen MR) is 70.7 cm³/mol. The van der Waals surface area contributed by atoms with E-state index < -0.39 is 0 Å². The molecule has 0 aliphatic heterocycles. The topological polar surface area (TPSA) is 58.6 Å². The van der Waals surface area contributed by atoms with Gasteiger partial charge in [0.1, 0.15) is 0 Å². The highest BCUT2D eigenvalue weighted by Gasteiger charge is 2.13. The molecule has 0 aromatic heterocycles. The van der Waals surface area contributed by atoms with E-state index in [4.69, 9.17) is 9.84 Å². The average molecular weight is 251 g/mol. The molecule has 0 saturated heterocycles. The number of rotatable bonds is 6. The maximum absolute atomic E-state index is 12.0. The van der Waals surface area contributed by atoms with E-state index in [1.807, 2.05) is 26.0 Å². The van der Waals surface area contributed by atoms with Crippen LogP contribution in [0.1, 0.15) is 27.9 Å². The third-order valence-corrected chi connectivity index (χ3v) is 2.95. The number of nitrogens with one attached hydrogen (secondary N) is 1. The number of aliphatic hydroxyl groups excluding tert-OH is 1. The zero-order valence-corrected chi connectivity index (χ0v) is 11.2. The van der Waals surface area contributed by atoms with Crippen LogP contribution < -0.4 is 5.32 Å². The van der Waals surface area contributed by atoms with Gasteiger partial charge in [0.2, 0.25) is 0 Å². The summed E-state index contributed by atoms with van der Waals surface area (Å²) in [6.07, 6.45) is 0.490. The first-order valence-corrected chi connectivity index (χ1v) is 6.06. The molecule has 2 N–H and O–H groups in total. The van der Waals surface area contributed by atoms with Crippen LogP contribution in [0.5, 0.6) is 0 Å². The molecular formula is C14H21NO3. The third kappa shape index (κ3) is 4.13. The Labute approximate surface area is 108 Å². The number of aliphatic hydroxyl groups is 1. The van der Waals surface area contributed by atoms with Crippen LogP contribution in [0.2, 0.25) is 0 Å². The molecule has 1 amide bonds. The molecule has 100 valence electrons. The SMILES string of the molecule is COCC(CCO)NC(=O)c1ccc(C)c(C)c1. The lowest BCUT2D eigenvalue weighted by molar-refractivity contribution is 0.0878. The van der Waals surface area contributed by atoms with E-state index in [1.54, 1.807) is 13.2 Å². The van der Waals surface area contributed by atoms with Gasteiger partial charge in [-0.3, -0.25) is 4.79 Å². The molecule has 1 unspecified atom stereocenters. The Kier molecular flexibility index (Phi) is 5.82. The smallest absolute Gasteiger partial charge is 0.251 e. The lowest BCUT2D eigenvalue weighted by Gasteiger charge is -2.17. The van der Waals surface area contributed by atoms with Crippen molar-refractivity contribution in [3.8, 4) is 0 Å². The van der Waals surface area contributed by atoms with E-state index in [-0.39, 0.29) is 18.6 Å². The Hall–Kier alpha value is -1.39. The molecule has 0 aliphatic carbocycles. The quantitative estimate of drug-likeness (QED) is 0.804. The Morgan fingerprint density at radius 3 is 2.67 bits per heavy atom. The van der Waals surface area contributed by atoms with Gasteiger partial charge in [0.25, 0.3) is 5.91 Å². The summed E-state index contributed by atoms with van der Waals surface area (Å²) >= 11 is 0. The molecule has 1 aromatic carbocycles. The Bertz CT molecular complexity index is 398. The van der Waals surface area contributed by atoms with Gasteiger partial charge >= 0.3 is 0 Å². The van der Waals surface area contributed by atoms with Gasteiger partial charge in [0.05, 0.1) is 12.6 Å². The van der Waals surface area contributed by atoms with Gasteiger partial charge < -0.3 is 15.2 Å². The predicted octanol–water partition coefficient (Wildman–Crippen LogP) is 1.43. The highest BCUT2D eigenvalue weighted by Crippen LogP contribution is 2.10. The van der Waals surface area contributed by atoms with Gasteiger partial charge in [-0.1, -0.05) is 6.07 Å². The first kappa shape index (κ1) is 14.7. The van der Waals surface area contributed by atoms with Gasteiger partial charge in [-0.15, -0.1) is 0 Å². The van der Waals surface area contributed by atoms with Crippen molar-refractivity contribution in [2.24, 2.45) is 0 Å². The Balaban J connectivity index is 2.70. The van der Waals surface area contributed by atoms with E-state index in [1.165, 1.54) is 0 Å². The molecule has 0 radical (unpaired) electrons. The lowest BCUT2D eigenvalue weighted by atomic mass is 10.1. The van der Waals surface area contributed by atoms with Crippen molar-refractivity contribution in [1.29, 1.82) is 0 Å². The average Bonchev–Trinajstić information content (AvgIpc) is 2.33. The summed E-state index contributed by atoms with van der Waals surface area (Å²) in [5.74, 6) is -0.131. The number of amides is 1. The third-order valence-electron chi connectivity index (χ3n) is 2.95. The summed E-state index contributed by atoms with van der Waals surface area (Å²) in [6.45, 7) is 4.42. The Morgan fingerprint density at radius 1 is 1.39 bits per heavy atom. The molecular weight excluding hydrogens is 230 g/mol. The van der Waals surface area contributed by atoms with Crippen molar-refractivity contribution < 1.29 is 14.6 Å². The zero-order valence-electron chi connectivity index (χ0n) is 11.2. The number of hydrogen-bond donors (Lipinski definition) is 2. The number of hydrogen-bond acceptors (Lipinski definition) is 3. The molecule has 0 bridgehead atoms. The summed E-state index contributed by atoms with van der Waals surface area (Å²) in [6, 6.07) is 5.45. The minimum absolute atomic E-state index is 0.0290. The number of methoxy groups -OCH3 is 1. The molecule has 0 spiro atoms. The lowest BCUT2D eigenvalue weighted by Crippen LogP contribution is -2.38. The monoisotopic (exact) mass is 251 g/mol. The number of ether oxygens (including phenoxy) is 1. The van der Waals surface area contributed by atoms with Crippen LogP contribution >= 0.6 is 0 Å². The second kappa shape index (κ2) is 7.13. The molecule has 4 nitrogen and oxygen atoms in total. The van der Waals surface area contributed by atoms with Crippen molar-refractivity contribution in [2.45, 2.75) is 26.3 Å².